The molecule has 2 aromatic rings. The van der Waals surface area contributed by atoms with Crippen molar-refractivity contribution in [1.82, 2.24) is 9.78 Å². The number of halogens is 2. The fourth-order valence-electron chi connectivity index (χ4n) is 2.34. The molecule has 0 saturated carbocycles. The molecule has 0 aliphatic heterocycles. The average molecular weight is 294 g/mol. The van der Waals surface area contributed by atoms with E-state index < -0.39 is 17.7 Å². The van der Waals surface area contributed by atoms with Gasteiger partial charge in [0.25, 0.3) is 0 Å². The molecule has 0 aliphatic carbocycles. The Morgan fingerprint density at radius 3 is 2.52 bits per heavy atom. The molecule has 1 N–H and O–H groups in total. The third-order valence-corrected chi connectivity index (χ3v) is 3.35. The second-order valence-corrected chi connectivity index (χ2v) is 6.31. The van der Waals surface area contributed by atoms with Gasteiger partial charge in [-0.15, -0.1) is 0 Å². The van der Waals surface area contributed by atoms with Gasteiger partial charge in [0.05, 0.1) is 11.8 Å². The molecule has 2 rings (SSSR count). The fraction of sp³-hybridized carbons (Fsp3) is 0.438. The van der Waals surface area contributed by atoms with Crippen LogP contribution < -0.4 is 0 Å². The normalized spacial score (nSPS) is 13.5. The Bertz CT molecular complexity index is 644. The van der Waals surface area contributed by atoms with E-state index in [1.165, 1.54) is 12.1 Å². The van der Waals surface area contributed by atoms with E-state index in [2.05, 4.69) is 5.10 Å². The molecule has 1 aromatic heterocycles. The van der Waals surface area contributed by atoms with Crippen molar-refractivity contribution in [2.24, 2.45) is 7.05 Å². The second kappa shape index (κ2) is 5.56. The monoisotopic (exact) mass is 294 g/mol. The summed E-state index contributed by atoms with van der Waals surface area (Å²) in [4.78, 5) is 0. The zero-order valence-electron chi connectivity index (χ0n) is 12.7. The van der Waals surface area contributed by atoms with Crippen LogP contribution in [0.25, 0.3) is 0 Å². The number of aliphatic hydroxyl groups excluding tert-OH is 1. The van der Waals surface area contributed by atoms with E-state index in [4.69, 9.17) is 0 Å². The first-order chi connectivity index (χ1) is 9.68. The van der Waals surface area contributed by atoms with Crippen LogP contribution in [-0.4, -0.2) is 14.9 Å². The van der Waals surface area contributed by atoms with Crippen LogP contribution in [0.1, 0.15) is 43.7 Å². The summed E-state index contributed by atoms with van der Waals surface area (Å²) >= 11 is 0. The number of rotatable bonds is 3. The minimum absolute atomic E-state index is 0.0842. The van der Waals surface area contributed by atoms with Gasteiger partial charge in [-0.05, 0) is 11.6 Å². The standard InChI is InChI=1S/C16H20F2N2O/c1-16(2,3)15-12(9-20(4)19-15)14(21)7-10-5-6-11(17)8-13(10)18/h5-6,8-9,14,21H,7H2,1-4H3. The van der Waals surface area contributed by atoms with E-state index in [0.29, 0.717) is 5.56 Å². The molecule has 0 radical (unpaired) electrons. The number of aryl methyl sites for hydroxylation is 1. The maximum Gasteiger partial charge on any atom is 0.129 e. The fourth-order valence-corrected chi connectivity index (χ4v) is 2.34. The zero-order valence-corrected chi connectivity index (χ0v) is 12.7. The van der Waals surface area contributed by atoms with Crippen molar-refractivity contribution in [3.63, 3.8) is 0 Å². The Hall–Kier alpha value is -1.75. The van der Waals surface area contributed by atoms with Gasteiger partial charge in [0.1, 0.15) is 11.6 Å². The van der Waals surface area contributed by atoms with Crippen LogP contribution in [0.15, 0.2) is 24.4 Å². The average Bonchev–Trinajstić information content (AvgIpc) is 2.75. The maximum atomic E-state index is 13.7. The lowest BCUT2D eigenvalue weighted by Crippen LogP contribution is -2.17. The number of nitrogens with zero attached hydrogens (tertiary/aromatic N) is 2. The predicted octanol–water partition coefficient (Wildman–Crippen LogP) is 3.27. The first-order valence-corrected chi connectivity index (χ1v) is 6.84. The van der Waals surface area contributed by atoms with E-state index >= 15 is 0 Å². The highest BCUT2D eigenvalue weighted by Gasteiger charge is 2.26. The van der Waals surface area contributed by atoms with Crippen molar-refractivity contribution in [2.75, 3.05) is 0 Å². The smallest absolute Gasteiger partial charge is 0.129 e. The molecular formula is C16H20F2N2O. The van der Waals surface area contributed by atoms with Crippen molar-refractivity contribution < 1.29 is 13.9 Å². The summed E-state index contributed by atoms with van der Waals surface area (Å²) in [6.45, 7) is 6.01. The Kier molecular flexibility index (Phi) is 4.14. The van der Waals surface area contributed by atoms with Gasteiger partial charge in [0, 0.05) is 36.7 Å². The Morgan fingerprint density at radius 2 is 1.95 bits per heavy atom. The summed E-state index contributed by atoms with van der Waals surface area (Å²) in [6, 6.07) is 3.38. The van der Waals surface area contributed by atoms with Crippen molar-refractivity contribution in [3.8, 4) is 0 Å². The molecule has 0 spiro atoms. The molecule has 1 heterocycles. The van der Waals surface area contributed by atoms with Crippen LogP contribution in [0.5, 0.6) is 0 Å². The summed E-state index contributed by atoms with van der Waals surface area (Å²) in [7, 11) is 1.78. The molecule has 1 unspecified atom stereocenters. The molecule has 0 fully saturated rings. The lowest BCUT2D eigenvalue weighted by atomic mass is 9.87. The lowest BCUT2D eigenvalue weighted by Gasteiger charge is -2.20. The highest BCUT2D eigenvalue weighted by atomic mass is 19.1. The molecule has 1 atom stereocenters. The summed E-state index contributed by atoms with van der Waals surface area (Å²) in [5, 5.41) is 14.8. The lowest BCUT2D eigenvalue weighted by molar-refractivity contribution is 0.174. The second-order valence-electron chi connectivity index (χ2n) is 6.31. The predicted molar refractivity (Wildman–Crippen MR) is 76.9 cm³/mol. The van der Waals surface area contributed by atoms with Gasteiger partial charge >= 0.3 is 0 Å². The molecule has 114 valence electrons. The summed E-state index contributed by atoms with van der Waals surface area (Å²) < 4.78 is 28.2. The van der Waals surface area contributed by atoms with E-state index in [-0.39, 0.29) is 17.4 Å². The summed E-state index contributed by atoms with van der Waals surface area (Å²) in [6.07, 6.45) is 0.945. The number of hydrogen-bond acceptors (Lipinski definition) is 2. The van der Waals surface area contributed by atoms with Gasteiger partial charge in [-0.1, -0.05) is 26.8 Å². The highest BCUT2D eigenvalue weighted by molar-refractivity contribution is 5.29. The van der Waals surface area contributed by atoms with Crippen molar-refractivity contribution in [1.29, 1.82) is 0 Å². The maximum absolute atomic E-state index is 13.7. The summed E-state index contributed by atoms with van der Waals surface area (Å²) in [5.74, 6) is -1.27. The molecule has 21 heavy (non-hydrogen) atoms. The molecular weight excluding hydrogens is 274 g/mol. The van der Waals surface area contributed by atoms with Crippen molar-refractivity contribution in [2.45, 2.75) is 38.7 Å². The van der Waals surface area contributed by atoms with Gasteiger partial charge in [-0.2, -0.15) is 5.10 Å². The third kappa shape index (κ3) is 3.47. The highest BCUT2D eigenvalue weighted by Crippen LogP contribution is 2.30. The van der Waals surface area contributed by atoms with Crippen LogP contribution >= 0.6 is 0 Å². The van der Waals surface area contributed by atoms with Gasteiger partial charge in [-0.3, -0.25) is 4.68 Å². The molecule has 1 aromatic carbocycles. The van der Waals surface area contributed by atoms with E-state index in [0.717, 1.165) is 11.8 Å². The minimum Gasteiger partial charge on any atom is -0.388 e. The number of aliphatic hydroxyl groups is 1. The summed E-state index contributed by atoms with van der Waals surface area (Å²) in [5.41, 5.74) is 1.51. The molecule has 0 bridgehead atoms. The zero-order chi connectivity index (χ0) is 15.8. The number of hydrogen-bond donors (Lipinski definition) is 1. The molecule has 0 amide bonds. The van der Waals surface area contributed by atoms with E-state index in [1.807, 2.05) is 20.8 Å². The molecule has 0 aliphatic rings. The van der Waals surface area contributed by atoms with Crippen LogP contribution in [0.2, 0.25) is 0 Å². The van der Waals surface area contributed by atoms with Crippen molar-refractivity contribution in [3.05, 3.63) is 52.9 Å². The molecule has 0 saturated heterocycles. The molecule has 3 nitrogen and oxygen atoms in total. The van der Waals surface area contributed by atoms with Gasteiger partial charge in [0.2, 0.25) is 0 Å². The Balaban J connectivity index is 2.30. The third-order valence-electron chi connectivity index (χ3n) is 3.35. The van der Waals surface area contributed by atoms with Crippen LogP contribution in [-0.2, 0) is 18.9 Å². The quantitative estimate of drug-likeness (QED) is 0.943. The van der Waals surface area contributed by atoms with Crippen molar-refractivity contribution >= 4 is 0 Å². The first kappa shape index (κ1) is 15.6. The first-order valence-electron chi connectivity index (χ1n) is 6.84. The van der Waals surface area contributed by atoms with Gasteiger partial charge in [0.15, 0.2) is 0 Å². The van der Waals surface area contributed by atoms with Crippen LogP contribution in [0.4, 0.5) is 8.78 Å². The number of aromatic nitrogens is 2. The SMILES string of the molecule is Cn1cc(C(O)Cc2ccc(F)cc2F)c(C(C)(C)C)n1. The number of benzene rings is 1. The molecule has 5 heteroatoms. The van der Waals surface area contributed by atoms with Crippen LogP contribution in [0, 0.1) is 11.6 Å². The minimum atomic E-state index is -0.882. The van der Waals surface area contributed by atoms with Gasteiger partial charge < -0.3 is 5.11 Å². The topological polar surface area (TPSA) is 38.0 Å². The Labute approximate surface area is 123 Å². The van der Waals surface area contributed by atoms with E-state index in [9.17, 15) is 13.9 Å². The largest absolute Gasteiger partial charge is 0.388 e. The Morgan fingerprint density at radius 1 is 1.29 bits per heavy atom. The van der Waals surface area contributed by atoms with Gasteiger partial charge in [-0.25, -0.2) is 8.78 Å². The van der Waals surface area contributed by atoms with Crippen LogP contribution in [0.3, 0.4) is 0 Å². The van der Waals surface area contributed by atoms with E-state index in [1.54, 1.807) is 17.9 Å².